The largest absolute Gasteiger partial charge is 0.394 e. The number of aliphatic hydroxyl groups excluding tert-OH is 1. The number of halogens is 5. The number of nitrogens with zero attached hydrogens (tertiary/aromatic N) is 6. The fourth-order valence-electron chi connectivity index (χ4n) is 5.60. The molecule has 0 spiro atoms. The van der Waals surface area contributed by atoms with Crippen molar-refractivity contribution in [1.29, 1.82) is 0 Å². The van der Waals surface area contributed by atoms with Crippen molar-refractivity contribution in [3.63, 3.8) is 0 Å². The zero-order valence-corrected chi connectivity index (χ0v) is 28.8. The molecule has 5 atom stereocenters. The highest BCUT2D eigenvalue weighted by molar-refractivity contribution is 7.66. The van der Waals surface area contributed by atoms with Crippen molar-refractivity contribution < 1.29 is 37.1 Å². The van der Waals surface area contributed by atoms with Crippen molar-refractivity contribution in [2.24, 2.45) is 0 Å². The van der Waals surface area contributed by atoms with Gasteiger partial charge in [-0.2, -0.15) is 5.10 Å². The number of hydrogen-bond acceptors (Lipinski definition) is 9. The van der Waals surface area contributed by atoms with Gasteiger partial charge < -0.3 is 23.9 Å². The number of rotatable bonds is 12. The fraction of sp³-hybridized carbons (Fsp3) is 0.419. The smallest absolute Gasteiger partial charge is 0.194 e. The molecular weight excluding hydrogens is 695 g/mol. The molecule has 0 saturated carbocycles. The second-order valence-corrected chi connectivity index (χ2v) is 15.4. The molecule has 0 aliphatic carbocycles. The van der Waals surface area contributed by atoms with Crippen LogP contribution in [-0.4, -0.2) is 85.8 Å². The van der Waals surface area contributed by atoms with Gasteiger partial charge in [0.1, 0.15) is 49.1 Å². The second kappa shape index (κ2) is 15.2. The molecule has 48 heavy (non-hydrogen) atoms. The fourth-order valence-corrected chi connectivity index (χ4v) is 7.30. The third-order valence-corrected chi connectivity index (χ3v) is 11.6. The summed E-state index contributed by atoms with van der Waals surface area (Å²) in [5, 5.41) is 24.1. The highest BCUT2D eigenvalue weighted by Gasteiger charge is 2.50. The summed E-state index contributed by atoms with van der Waals surface area (Å²) in [7, 11) is -1.13. The van der Waals surface area contributed by atoms with Crippen LogP contribution in [0.5, 0.6) is 0 Å². The van der Waals surface area contributed by atoms with Gasteiger partial charge in [-0.15, -0.1) is 5.10 Å². The van der Waals surface area contributed by atoms with E-state index in [4.69, 9.17) is 37.4 Å². The third kappa shape index (κ3) is 7.40. The Balaban J connectivity index is 1.64. The molecule has 258 valence electrons. The summed E-state index contributed by atoms with van der Waals surface area (Å²) in [4.78, 5) is 4.65. The molecule has 5 rings (SSSR count). The topological polar surface area (TPSA) is 126 Å². The van der Waals surface area contributed by atoms with Crippen LogP contribution in [0.1, 0.15) is 37.6 Å². The summed E-state index contributed by atoms with van der Waals surface area (Å²) in [6.07, 6.45) is 0.117. The van der Waals surface area contributed by atoms with Gasteiger partial charge in [0.15, 0.2) is 23.3 Å². The maximum Gasteiger partial charge on any atom is 0.194 e. The quantitative estimate of drug-likeness (QED) is 0.128. The lowest BCUT2D eigenvalue weighted by Crippen LogP contribution is -2.54. The van der Waals surface area contributed by atoms with Gasteiger partial charge >= 0.3 is 0 Å². The Kier molecular flexibility index (Phi) is 11.5. The molecule has 1 N–H and O–H groups in total. The van der Waals surface area contributed by atoms with E-state index in [1.807, 2.05) is 13.8 Å². The molecule has 5 unspecified atom stereocenters. The van der Waals surface area contributed by atoms with E-state index < -0.39 is 61.7 Å². The first-order valence-corrected chi connectivity index (χ1v) is 18.0. The predicted molar refractivity (Wildman–Crippen MR) is 174 cm³/mol. The van der Waals surface area contributed by atoms with Crippen molar-refractivity contribution in [3.8, 4) is 16.9 Å². The Bertz CT molecular complexity index is 1810. The van der Waals surface area contributed by atoms with Gasteiger partial charge in [0.25, 0.3) is 0 Å². The van der Waals surface area contributed by atoms with Crippen LogP contribution in [-0.2, 0) is 18.8 Å². The average molecular weight is 730 g/mol. The minimum atomic E-state index is -2.55. The van der Waals surface area contributed by atoms with Crippen LogP contribution in [0.15, 0.2) is 48.4 Å². The molecular formula is C31H34Cl2F3N6O5P. The number of ether oxygens (including phenoxy) is 3. The lowest BCUT2D eigenvalue weighted by Gasteiger charge is -2.45. The van der Waals surface area contributed by atoms with Crippen molar-refractivity contribution in [3.05, 3.63) is 87.6 Å². The van der Waals surface area contributed by atoms with Crippen LogP contribution in [0, 0.1) is 24.4 Å². The van der Waals surface area contributed by atoms with Crippen molar-refractivity contribution in [2.75, 3.05) is 32.6 Å². The van der Waals surface area contributed by atoms with Gasteiger partial charge in [0.05, 0.1) is 30.1 Å². The van der Waals surface area contributed by atoms with Crippen LogP contribution in [0.3, 0.4) is 0 Å². The molecule has 1 fully saturated rings. The first kappa shape index (κ1) is 36.2. The van der Waals surface area contributed by atoms with E-state index in [2.05, 4.69) is 20.4 Å². The summed E-state index contributed by atoms with van der Waals surface area (Å²) < 4.78 is 76.6. The van der Waals surface area contributed by atoms with E-state index in [0.717, 1.165) is 12.1 Å². The standard InChI is InChI=1S/C31H34Cl2F3N6O5P/c1-5-48(44,6-2)11-7-10-46-29-27(41-15-23(38-40-41)18-12-21(34)26(36)22(35)13-18)28(45-4)25(16-43)47-30(29)31-37-17(3)39-42(31)24-14-19(32)8-9-20(24)33/h7-9,11-15,25,27-30,43H,5-6,10,16H2,1-4H3/b11-7+. The Morgan fingerprint density at radius 1 is 1.10 bits per heavy atom. The van der Waals surface area contributed by atoms with Crippen LogP contribution < -0.4 is 0 Å². The van der Waals surface area contributed by atoms with E-state index in [-0.39, 0.29) is 23.7 Å². The Morgan fingerprint density at radius 2 is 1.81 bits per heavy atom. The Labute approximate surface area is 285 Å². The zero-order valence-electron chi connectivity index (χ0n) is 26.4. The van der Waals surface area contributed by atoms with Crippen molar-refractivity contribution >= 4 is 30.3 Å². The zero-order chi connectivity index (χ0) is 34.7. The normalized spacial score (nSPS) is 21.8. The Hall–Kier alpha value is -3.10. The Morgan fingerprint density at radius 3 is 2.46 bits per heavy atom. The van der Waals surface area contributed by atoms with E-state index in [1.165, 1.54) is 22.7 Å². The molecule has 4 aromatic rings. The van der Waals surface area contributed by atoms with E-state index in [9.17, 15) is 22.8 Å². The summed E-state index contributed by atoms with van der Waals surface area (Å²) >= 11 is 12.9. The third-order valence-electron chi connectivity index (χ3n) is 8.17. The van der Waals surface area contributed by atoms with E-state index in [1.54, 1.807) is 37.0 Å². The van der Waals surface area contributed by atoms with E-state index >= 15 is 0 Å². The lowest BCUT2D eigenvalue weighted by molar-refractivity contribution is -0.227. The number of aryl methyl sites for hydroxylation is 1. The van der Waals surface area contributed by atoms with Gasteiger partial charge in [0.2, 0.25) is 0 Å². The van der Waals surface area contributed by atoms with Crippen LogP contribution in [0.2, 0.25) is 10.0 Å². The van der Waals surface area contributed by atoms with Gasteiger partial charge in [-0.1, -0.05) is 48.3 Å². The van der Waals surface area contributed by atoms with Crippen LogP contribution in [0.25, 0.3) is 16.9 Å². The number of hydrogen-bond donors (Lipinski definition) is 1. The summed E-state index contributed by atoms with van der Waals surface area (Å²) in [5.41, 5.74) is 0.375. The summed E-state index contributed by atoms with van der Waals surface area (Å²) in [6.45, 7) is 4.87. The molecule has 3 heterocycles. The first-order chi connectivity index (χ1) is 22.9. The number of aromatic nitrogens is 6. The maximum absolute atomic E-state index is 14.1. The average Bonchev–Trinajstić information content (AvgIpc) is 3.72. The minimum Gasteiger partial charge on any atom is -0.394 e. The molecule has 17 heteroatoms. The summed E-state index contributed by atoms with van der Waals surface area (Å²) in [5.74, 6) is -2.11. The molecule has 1 aliphatic rings. The highest BCUT2D eigenvalue weighted by Crippen LogP contribution is 2.46. The number of aliphatic hydroxyl groups is 1. The molecule has 11 nitrogen and oxygen atoms in total. The molecule has 1 aliphatic heterocycles. The van der Waals surface area contributed by atoms with E-state index in [0.29, 0.717) is 33.9 Å². The van der Waals surface area contributed by atoms with Crippen LogP contribution in [0.4, 0.5) is 13.2 Å². The predicted octanol–water partition coefficient (Wildman–Crippen LogP) is 6.55. The molecule has 2 aromatic carbocycles. The maximum atomic E-state index is 14.1. The monoisotopic (exact) mass is 728 g/mol. The van der Waals surface area contributed by atoms with Gasteiger partial charge in [0, 0.05) is 30.0 Å². The van der Waals surface area contributed by atoms with Crippen molar-refractivity contribution in [1.82, 2.24) is 29.8 Å². The van der Waals surface area contributed by atoms with Crippen LogP contribution >= 0.6 is 30.3 Å². The summed E-state index contributed by atoms with van der Waals surface area (Å²) in [6, 6.07) is 5.56. The first-order valence-electron chi connectivity index (χ1n) is 15.0. The second-order valence-electron chi connectivity index (χ2n) is 11.1. The lowest BCUT2D eigenvalue weighted by atomic mass is 9.91. The molecule has 2 aromatic heterocycles. The highest BCUT2D eigenvalue weighted by atomic mass is 35.5. The molecule has 1 saturated heterocycles. The van der Waals surface area contributed by atoms with Gasteiger partial charge in [-0.25, -0.2) is 27.5 Å². The molecule has 0 amide bonds. The van der Waals surface area contributed by atoms with Crippen molar-refractivity contribution in [2.45, 2.75) is 51.2 Å². The SMILES string of the molecule is CCP(=O)(/C=C/COC1C(c2nc(C)nn2-c2cc(Cl)ccc2Cl)OC(CO)C(OC)C1n1cc(-c2cc(F)c(F)c(F)c2)nn1)CC. The minimum absolute atomic E-state index is 0.0216. The van der Waals surface area contributed by atoms with Gasteiger partial charge in [-0.05, 0) is 43.1 Å². The number of benzene rings is 2. The van der Waals surface area contributed by atoms with Gasteiger partial charge in [-0.3, -0.25) is 0 Å². The molecule has 0 radical (unpaired) electrons. The molecule has 0 bridgehead atoms. The number of methoxy groups -OCH3 is 1.